The van der Waals surface area contributed by atoms with Crippen LogP contribution in [0.15, 0.2) is 46.9 Å². The van der Waals surface area contributed by atoms with Crippen molar-refractivity contribution in [2.75, 3.05) is 18.2 Å². The minimum absolute atomic E-state index is 0.0810. The summed E-state index contributed by atoms with van der Waals surface area (Å²) in [6, 6.07) is 10.4. The van der Waals surface area contributed by atoms with E-state index in [2.05, 4.69) is 21.4 Å². The molecule has 2 aromatic carbocycles. The van der Waals surface area contributed by atoms with E-state index in [0.717, 1.165) is 5.01 Å². The predicted octanol–water partition coefficient (Wildman–Crippen LogP) is 2.67. The van der Waals surface area contributed by atoms with E-state index in [1.165, 1.54) is 31.2 Å². The van der Waals surface area contributed by atoms with Gasteiger partial charge in [0.15, 0.2) is 5.78 Å². The molecule has 0 aliphatic rings. The van der Waals surface area contributed by atoms with Gasteiger partial charge in [-0.1, -0.05) is 28.1 Å². The fourth-order valence-corrected chi connectivity index (χ4v) is 2.56. The van der Waals surface area contributed by atoms with E-state index in [0.29, 0.717) is 4.47 Å². The van der Waals surface area contributed by atoms with Gasteiger partial charge < -0.3 is 5.11 Å². The Kier molecular flexibility index (Phi) is 6.19. The molecule has 24 heavy (non-hydrogen) atoms. The van der Waals surface area contributed by atoms with Crippen LogP contribution in [0.2, 0.25) is 0 Å². The van der Waals surface area contributed by atoms with Gasteiger partial charge in [-0.25, -0.2) is 14.8 Å². The Morgan fingerprint density at radius 2 is 1.92 bits per heavy atom. The number of ketones is 1. The van der Waals surface area contributed by atoms with E-state index in [1.807, 2.05) is 0 Å². The first-order chi connectivity index (χ1) is 11.5. The molecule has 2 N–H and O–H groups in total. The maximum absolute atomic E-state index is 14.0. The van der Waals surface area contributed by atoms with Gasteiger partial charge in [-0.15, -0.1) is 0 Å². The smallest absolute Gasteiger partial charge is 0.238 e. The Bertz CT molecular complexity index is 767. The van der Waals surface area contributed by atoms with Crippen molar-refractivity contribution in [1.29, 1.82) is 0 Å². The maximum Gasteiger partial charge on any atom is 0.238 e. The number of aliphatic hydroxyl groups excluding tert-OH is 1. The molecule has 0 spiro atoms. The first kappa shape index (κ1) is 18.3. The molecule has 0 atom stereocenters. The summed E-state index contributed by atoms with van der Waals surface area (Å²) >= 11 is 3.28. The predicted molar refractivity (Wildman–Crippen MR) is 92.2 cm³/mol. The number of carbonyl (C=O) groups is 2. The number of nitrogens with one attached hydrogen (secondary N) is 1. The molecule has 0 fully saturated rings. The van der Waals surface area contributed by atoms with Gasteiger partial charge in [-0.3, -0.25) is 9.59 Å². The van der Waals surface area contributed by atoms with Crippen LogP contribution in [0.1, 0.15) is 22.8 Å². The molecule has 126 valence electrons. The van der Waals surface area contributed by atoms with E-state index >= 15 is 0 Å². The molecule has 0 unspecified atom stereocenters. The van der Waals surface area contributed by atoms with Gasteiger partial charge in [0.2, 0.25) is 5.91 Å². The molecule has 2 aromatic rings. The summed E-state index contributed by atoms with van der Waals surface area (Å²) in [5, 5.41) is 10.1. The second kappa shape index (κ2) is 8.14. The monoisotopic (exact) mass is 394 g/mol. The van der Waals surface area contributed by atoms with Crippen LogP contribution >= 0.6 is 15.9 Å². The van der Waals surface area contributed by atoms with Gasteiger partial charge in [0.25, 0.3) is 0 Å². The molecular weight excluding hydrogens is 379 g/mol. The Labute approximate surface area is 147 Å². The number of aliphatic hydroxyl groups is 1. The van der Waals surface area contributed by atoms with Gasteiger partial charge in [-0.2, -0.15) is 0 Å². The Balaban J connectivity index is 2.53. The Morgan fingerprint density at radius 3 is 2.54 bits per heavy atom. The van der Waals surface area contributed by atoms with Gasteiger partial charge in [-0.05, 0) is 30.3 Å². The molecular formula is C17H16BrFN2O3. The largest absolute Gasteiger partial charge is 0.395 e. The van der Waals surface area contributed by atoms with Crippen LogP contribution in [0.5, 0.6) is 0 Å². The highest BCUT2D eigenvalue weighted by atomic mass is 79.9. The van der Waals surface area contributed by atoms with Gasteiger partial charge in [0.1, 0.15) is 5.82 Å². The lowest BCUT2D eigenvalue weighted by atomic mass is 10.0. The van der Waals surface area contributed by atoms with Crippen molar-refractivity contribution >= 4 is 33.3 Å². The fourth-order valence-electron chi connectivity index (χ4n) is 2.20. The van der Waals surface area contributed by atoms with Crippen LogP contribution in [-0.2, 0) is 4.79 Å². The summed E-state index contributed by atoms with van der Waals surface area (Å²) < 4.78 is 14.6. The third-order valence-corrected chi connectivity index (χ3v) is 3.75. The number of anilines is 1. The molecule has 2 rings (SSSR count). The zero-order chi connectivity index (χ0) is 17.7. The average molecular weight is 395 g/mol. The molecule has 0 saturated carbocycles. The summed E-state index contributed by atoms with van der Waals surface area (Å²) in [5.74, 6) is -1.54. The summed E-state index contributed by atoms with van der Waals surface area (Å²) in [6.07, 6.45) is 0. The minimum Gasteiger partial charge on any atom is -0.395 e. The lowest BCUT2D eigenvalue weighted by Crippen LogP contribution is -2.44. The molecule has 0 aromatic heterocycles. The average Bonchev–Trinajstić information content (AvgIpc) is 2.55. The lowest BCUT2D eigenvalue weighted by molar-refractivity contribution is -0.117. The molecule has 7 heteroatoms. The maximum atomic E-state index is 14.0. The SMILES string of the molecule is CC(=O)N(NCCO)c1ccc(Br)cc1C(=O)c1ccccc1F. The number of halogens is 2. The third-order valence-electron chi connectivity index (χ3n) is 3.26. The standard InChI is InChI=1S/C17H16BrFN2O3/c1-11(23)21(20-8-9-22)16-7-6-12(18)10-14(16)17(24)13-4-2-3-5-15(13)19/h2-7,10,20,22H,8-9H2,1H3. The molecule has 0 aliphatic carbocycles. The van der Waals surface area contributed by atoms with Crippen LogP contribution in [0, 0.1) is 5.82 Å². The van der Waals surface area contributed by atoms with Crippen molar-refractivity contribution < 1.29 is 19.1 Å². The second-order valence-corrected chi connectivity index (χ2v) is 5.87. The topological polar surface area (TPSA) is 69.6 Å². The van der Waals surface area contributed by atoms with Crippen LogP contribution < -0.4 is 10.4 Å². The number of benzene rings is 2. The van der Waals surface area contributed by atoms with Crippen molar-refractivity contribution in [3.63, 3.8) is 0 Å². The number of amides is 1. The van der Waals surface area contributed by atoms with Crippen molar-refractivity contribution in [3.8, 4) is 0 Å². The Hall–Kier alpha value is -2.09. The Morgan fingerprint density at radius 1 is 1.21 bits per heavy atom. The number of nitrogens with zero attached hydrogens (tertiary/aromatic N) is 1. The van der Waals surface area contributed by atoms with Crippen molar-refractivity contribution in [2.24, 2.45) is 0 Å². The fraction of sp³-hybridized carbons (Fsp3) is 0.176. The zero-order valence-electron chi connectivity index (χ0n) is 12.9. The summed E-state index contributed by atoms with van der Waals surface area (Å²) in [6.45, 7) is 1.27. The molecule has 0 heterocycles. The van der Waals surface area contributed by atoms with E-state index in [9.17, 15) is 14.0 Å². The summed E-state index contributed by atoms with van der Waals surface area (Å²) in [7, 11) is 0. The highest BCUT2D eigenvalue weighted by molar-refractivity contribution is 9.10. The van der Waals surface area contributed by atoms with Crippen LogP contribution in [0.25, 0.3) is 0 Å². The normalized spacial score (nSPS) is 10.5. The van der Waals surface area contributed by atoms with Crippen LogP contribution in [0.3, 0.4) is 0 Å². The number of hydrogen-bond acceptors (Lipinski definition) is 4. The van der Waals surface area contributed by atoms with E-state index in [1.54, 1.807) is 18.2 Å². The van der Waals surface area contributed by atoms with Gasteiger partial charge >= 0.3 is 0 Å². The van der Waals surface area contributed by atoms with Gasteiger partial charge in [0.05, 0.1) is 17.9 Å². The first-order valence-corrected chi connectivity index (χ1v) is 7.99. The lowest BCUT2D eigenvalue weighted by Gasteiger charge is -2.24. The minimum atomic E-state index is -0.633. The van der Waals surface area contributed by atoms with Crippen molar-refractivity contribution in [3.05, 3.63) is 63.9 Å². The van der Waals surface area contributed by atoms with Gasteiger partial charge in [0, 0.05) is 23.5 Å². The molecule has 0 saturated heterocycles. The van der Waals surface area contributed by atoms with Crippen LogP contribution in [0.4, 0.5) is 10.1 Å². The van der Waals surface area contributed by atoms with E-state index < -0.39 is 11.6 Å². The van der Waals surface area contributed by atoms with Crippen molar-refractivity contribution in [1.82, 2.24) is 5.43 Å². The number of hydrazine groups is 1. The summed E-state index contributed by atoms with van der Waals surface area (Å²) in [5.41, 5.74) is 3.10. The molecule has 5 nitrogen and oxygen atoms in total. The molecule has 1 amide bonds. The van der Waals surface area contributed by atoms with Crippen molar-refractivity contribution in [2.45, 2.75) is 6.92 Å². The molecule has 0 aliphatic heterocycles. The van der Waals surface area contributed by atoms with E-state index in [4.69, 9.17) is 5.11 Å². The first-order valence-electron chi connectivity index (χ1n) is 7.19. The molecule has 0 bridgehead atoms. The summed E-state index contributed by atoms with van der Waals surface area (Å²) in [4.78, 5) is 24.7. The highest BCUT2D eigenvalue weighted by Crippen LogP contribution is 2.27. The number of hydrogen-bond donors (Lipinski definition) is 2. The number of rotatable bonds is 6. The van der Waals surface area contributed by atoms with Crippen LogP contribution in [-0.4, -0.2) is 29.9 Å². The van der Waals surface area contributed by atoms with E-state index in [-0.39, 0.29) is 35.9 Å². The number of carbonyl (C=O) groups excluding carboxylic acids is 2. The second-order valence-electron chi connectivity index (χ2n) is 4.96. The quantitative estimate of drug-likeness (QED) is 0.583. The zero-order valence-corrected chi connectivity index (χ0v) is 14.5. The highest BCUT2D eigenvalue weighted by Gasteiger charge is 2.22. The third kappa shape index (κ3) is 4.05. The molecule has 0 radical (unpaired) electrons.